The second-order valence-corrected chi connectivity index (χ2v) is 10.5. The molecule has 28 heavy (non-hydrogen) atoms. The zero-order valence-electron chi connectivity index (χ0n) is 16.7. The Morgan fingerprint density at radius 3 is 2.39 bits per heavy atom. The molecule has 0 aromatic heterocycles. The molecule has 0 aromatic rings. The molecule has 2 spiro atoms. The molecule has 6 aliphatic rings. The van der Waals surface area contributed by atoms with Crippen molar-refractivity contribution in [1.82, 2.24) is 0 Å². The molecule has 0 amide bonds. The lowest BCUT2D eigenvalue weighted by Crippen LogP contribution is -2.87. The molecule has 6 fully saturated rings. The van der Waals surface area contributed by atoms with E-state index in [2.05, 4.69) is 20.4 Å². The summed E-state index contributed by atoms with van der Waals surface area (Å²) in [6.07, 6.45) is -2.91. The number of rotatable bonds is 1. The molecule has 2 aliphatic heterocycles. The van der Waals surface area contributed by atoms with E-state index in [0.717, 1.165) is 12.8 Å². The van der Waals surface area contributed by atoms with Crippen molar-refractivity contribution in [2.45, 2.75) is 76.0 Å². The van der Waals surface area contributed by atoms with Crippen LogP contribution in [0.1, 0.15) is 39.5 Å². The Kier molecular flexibility index (Phi) is 3.73. The third kappa shape index (κ3) is 1.67. The van der Waals surface area contributed by atoms with Gasteiger partial charge in [0.25, 0.3) is 0 Å². The van der Waals surface area contributed by atoms with Gasteiger partial charge in [-0.05, 0) is 30.3 Å². The van der Waals surface area contributed by atoms with Crippen molar-refractivity contribution in [3.63, 3.8) is 0 Å². The molecular weight excluding hydrogens is 364 g/mol. The molecule has 4 aliphatic carbocycles. The number of ether oxygens (including phenoxy) is 2. The van der Waals surface area contributed by atoms with Crippen LogP contribution in [0.25, 0.3) is 0 Å². The van der Waals surface area contributed by atoms with Crippen molar-refractivity contribution >= 4 is 0 Å². The molecular formula is C21H32O7. The molecule has 2 saturated heterocycles. The topological polar surface area (TPSA) is 120 Å². The minimum Gasteiger partial charge on any atom is -0.393 e. The summed E-state index contributed by atoms with van der Waals surface area (Å²) in [5, 5.41) is 57.3. The van der Waals surface area contributed by atoms with E-state index in [-0.39, 0.29) is 11.8 Å². The molecule has 5 N–H and O–H groups in total. The van der Waals surface area contributed by atoms with E-state index >= 15 is 0 Å². The van der Waals surface area contributed by atoms with Gasteiger partial charge in [-0.1, -0.05) is 26.8 Å². The van der Waals surface area contributed by atoms with Crippen LogP contribution in [0, 0.1) is 34.0 Å². The van der Waals surface area contributed by atoms with Crippen molar-refractivity contribution < 1.29 is 35.0 Å². The Morgan fingerprint density at radius 2 is 1.75 bits per heavy atom. The number of hydrogen-bond acceptors (Lipinski definition) is 7. The van der Waals surface area contributed by atoms with Crippen molar-refractivity contribution in [1.29, 1.82) is 0 Å². The second-order valence-electron chi connectivity index (χ2n) is 10.5. The largest absolute Gasteiger partial charge is 0.393 e. The van der Waals surface area contributed by atoms with Gasteiger partial charge in [-0.15, -0.1) is 0 Å². The lowest BCUT2D eigenvalue weighted by atomic mass is 9.35. The molecule has 0 aromatic carbocycles. The van der Waals surface area contributed by atoms with Crippen LogP contribution >= 0.6 is 0 Å². The lowest BCUT2D eigenvalue weighted by Gasteiger charge is -2.76. The molecule has 4 bridgehead atoms. The average molecular weight is 396 g/mol. The second kappa shape index (κ2) is 5.38. The number of aliphatic hydroxyl groups is 5. The number of fused-ring (bicyclic) bond motifs is 2. The first-order chi connectivity index (χ1) is 13.0. The zero-order chi connectivity index (χ0) is 20.4. The molecule has 7 heteroatoms. The number of methoxy groups -OCH3 is 1. The van der Waals surface area contributed by atoms with Gasteiger partial charge in [-0.25, -0.2) is 0 Å². The highest BCUT2D eigenvalue weighted by atomic mass is 16.8. The predicted molar refractivity (Wildman–Crippen MR) is 97.6 cm³/mol. The highest BCUT2D eigenvalue weighted by Gasteiger charge is 2.88. The van der Waals surface area contributed by atoms with Crippen LogP contribution < -0.4 is 0 Å². The van der Waals surface area contributed by atoms with Gasteiger partial charge in [-0.3, -0.25) is 0 Å². The summed E-state index contributed by atoms with van der Waals surface area (Å²) in [6.45, 7) is 8.08. The maximum atomic E-state index is 11.9. The molecule has 6 rings (SSSR count). The Bertz CT molecular complexity index is 724. The molecule has 7 nitrogen and oxygen atoms in total. The Hall–Kier alpha value is -0.540. The first-order valence-electron chi connectivity index (χ1n) is 10.4. The van der Waals surface area contributed by atoms with Crippen LogP contribution in [0.15, 0.2) is 12.2 Å². The van der Waals surface area contributed by atoms with E-state index in [0.29, 0.717) is 12.0 Å². The number of hydrogen-bond donors (Lipinski definition) is 5. The quantitative estimate of drug-likeness (QED) is 0.400. The highest BCUT2D eigenvalue weighted by molar-refractivity contribution is 5.38. The smallest absolute Gasteiger partial charge is 0.206 e. The first-order valence-corrected chi connectivity index (χ1v) is 10.4. The Labute approximate surface area is 165 Å². The summed E-state index contributed by atoms with van der Waals surface area (Å²) >= 11 is 0. The van der Waals surface area contributed by atoms with Gasteiger partial charge in [0.2, 0.25) is 5.79 Å². The van der Waals surface area contributed by atoms with Gasteiger partial charge in [-0.2, -0.15) is 0 Å². The minimum absolute atomic E-state index is 0.265. The van der Waals surface area contributed by atoms with E-state index in [4.69, 9.17) is 9.47 Å². The van der Waals surface area contributed by atoms with Crippen LogP contribution in [0.4, 0.5) is 0 Å². The van der Waals surface area contributed by atoms with E-state index in [1.54, 1.807) is 0 Å². The maximum absolute atomic E-state index is 11.9. The standard InChI is InChI=1S/C21H32O7/c1-9-10-8-11(22)12-19-7-5-6-18(2,3)13(19)16(25)21(26,28-17(19)27-4)20(12,14(9)23)15(10)24/h10-17,22-26H,1,5-8H2,2-4H3/t10-,11-,12-,13+,14+,15+,16-,17-,19+,20-,21+/m0/s1. The summed E-state index contributed by atoms with van der Waals surface area (Å²) in [4.78, 5) is 0. The third-order valence-corrected chi connectivity index (χ3v) is 9.25. The van der Waals surface area contributed by atoms with E-state index in [9.17, 15) is 25.5 Å². The van der Waals surface area contributed by atoms with E-state index in [1.807, 2.05) is 0 Å². The molecule has 0 radical (unpaired) electrons. The zero-order valence-corrected chi connectivity index (χ0v) is 16.7. The van der Waals surface area contributed by atoms with Crippen LogP contribution in [-0.2, 0) is 9.47 Å². The van der Waals surface area contributed by atoms with Gasteiger partial charge in [0.05, 0.1) is 23.7 Å². The summed E-state index contributed by atoms with van der Waals surface area (Å²) in [5.74, 6) is -3.89. The summed E-state index contributed by atoms with van der Waals surface area (Å²) in [5.41, 5.74) is -2.42. The van der Waals surface area contributed by atoms with Gasteiger partial charge in [0.1, 0.15) is 6.10 Å². The summed E-state index contributed by atoms with van der Waals surface area (Å²) in [6, 6.07) is 0. The van der Waals surface area contributed by atoms with Gasteiger partial charge >= 0.3 is 0 Å². The molecule has 0 unspecified atom stereocenters. The van der Waals surface area contributed by atoms with E-state index in [1.165, 1.54) is 7.11 Å². The fraction of sp³-hybridized carbons (Fsp3) is 0.905. The molecule has 4 saturated carbocycles. The molecule has 2 heterocycles. The Morgan fingerprint density at radius 1 is 1.07 bits per heavy atom. The van der Waals surface area contributed by atoms with Crippen molar-refractivity contribution in [3.05, 3.63) is 12.2 Å². The van der Waals surface area contributed by atoms with Crippen molar-refractivity contribution in [2.24, 2.45) is 34.0 Å². The van der Waals surface area contributed by atoms with Crippen molar-refractivity contribution in [2.75, 3.05) is 7.11 Å². The lowest BCUT2D eigenvalue weighted by molar-refractivity contribution is -0.521. The third-order valence-electron chi connectivity index (χ3n) is 9.25. The summed E-state index contributed by atoms with van der Waals surface area (Å²) in [7, 11) is 1.50. The van der Waals surface area contributed by atoms with Gasteiger partial charge in [0, 0.05) is 30.3 Å². The number of aliphatic hydroxyl groups excluding tert-OH is 4. The van der Waals surface area contributed by atoms with Crippen LogP contribution in [0.5, 0.6) is 0 Å². The maximum Gasteiger partial charge on any atom is 0.206 e. The molecule has 11 atom stereocenters. The fourth-order valence-electron chi connectivity index (χ4n) is 8.55. The Balaban J connectivity index is 1.84. The normalized spacial score (nSPS) is 61.8. The minimum atomic E-state index is -2.25. The van der Waals surface area contributed by atoms with Crippen molar-refractivity contribution in [3.8, 4) is 0 Å². The average Bonchev–Trinajstić information content (AvgIpc) is 2.73. The van der Waals surface area contributed by atoms with Crippen LogP contribution in [-0.4, -0.2) is 69.1 Å². The predicted octanol–water partition coefficient (Wildman–Crippen LogP) is 0.140. The fourth-order valence-corrected chi connectivity index (χ4v) is 8.55. The first kappa shape index (κ1) is 19.4. The van der Waals surface area contributed by atoms with Gasteiger partial charge in [0.15, 0.2) is 6.29 Å². The SMILES string of the molecule is C=C1[C@@H](O)[C@]23[C@H](O)[C@H]1C[C@H](O)[C@H]2[C@]12CCCC(C)(C)[C@H]1[C@H](O)[C@@]3(O)O[C@@H]2OC. The molecule has 158 valence electrons. The van der Waals surface area contributed by atoms with E-state index < -0.39 is 65.1 Å². The van der Waals surface area contributed by atoms with Crippen LogP contribution in [0.2, 0.25) is 0 Å². The van der Waals surface area contributed by atoms with Crippen LogP contribution in [0.3, 0.4) is 0 Å². The van der Waals surface area contributed by atoms with Gasteiger partial charge < -0.3 is 35.0 Å². The monoisotopic (exact) mass is 396 g/mol. The highest BCUT2D eigenvalue weighted by Crippen LogP contribution is 2.78. The summed E-state index contributed by atoms with van der Waals surface area (Å²) < 4.78 is 11.7.